The summed E-state index contributed by atoms with van der Waals surface area (Å²) in [7, 11) is 0. The number of ether oxygens (including phenoxy) is 2. The Bertz CT molecular complexity index is 1140. The molecule has 1 saturated heterocycles. The average molecular weight is 484 g/mol. The van der Waals surface area contributed by atoms with Gasteiger partial charge in [-0.1, -0.05) is 24.3 Å². The van der Waals surface area contributed by atoms with Gasteiger partial charge >= 0.3 is 6.18 Å². The number of hydrogen-bond acceptors (Lipinski definition) is 4. The molecule has 1 fully saturated rings. The number of phenols is 1. The smallest absolute Gasteiger partial charge is 0.416 e. The molecule has 0 spiro atoms. The first-order valence-corrected chi connectivity index (χ1v) is 12.0. The zero-order valence-corrected chi connectivity index (χ0v) is 19.3. The number of alkyl halides is 3. The van der Waals surface area contributed by atoms with Crippen LogP contribution in [0.15, 0.2) is 66.7 Å². The molecule has 2 unspecified atom stereocenters. The second-order valence-electron chi connectivity index (χ2n) is 9.20. The van der Waals surface area contributed by atoms with E-state index in [1.807, 2.05) is 24.3 Å². The third-order valence-electron chi connectivity index (χ3n) is 6.93. The van der Waals surface area contributed by atoms with Crippen LogP contribution in [-0.4, -0.2) is 42.9 Å². The molecule has 2 atom stereocenters. The number of nitrogens with zero attached hydrogens (tertiary/aromatic N) is 1. The monoisotopic (exact) mass is 483 g/mol. The van der Waals surface area contributed by atoms with Crippen LogP contribution in [0.5, 0.6) is 17.2 Å². The van der Waals surface area contributed by atoms with Crippen molar-refractivity contribution in [3.63, 3.8) is 0 Å². The summed E-state index contributed by atoms with van der Waals surface area (Å²) in [6, 6.07) is 18.1. The largest absolute Gasteiger partial charge is 0.508 e. The molecule has 0 aliphatic carbocycles. The van der Waals surface area contributed by atoms with Crippen molar-refractivity contribution in [2.45, 2.75) is 30.9 Å². The SMILES string of the molecule is Oc1ccc2c(c1)C(c1ccc(OCCN3CCCC3)cc1)C(c1ccc(C(F)(F)F)cc1)CO2. The Balaban J connectivity index is 1.40. The fourth-order valence-corrected chi connectivity index (χ4v) is 5.09. The normalized spacial score (nSPS) is 20.3. The van der Waals surface area contributed by atoms with Crippen LogP contribution < -0.4 is 9.47 Å². The number of benzene rings is 3. The van der Waals surface area contributed by atoms with E-state index < -0.39 is 11.7 Å². The van der Waals surface area contributed by atoms with Crippen LogP contribution in [0.4, 0.5) is 13.2 Å². The highest BCUT2D eigenvalue weighted by Crippen LogP contribution is 2.47. The van der Waals surface area contributed by atoms with Crippen LogP contribution >= 0.6 is 0 Å². The molecular weight excluding hydrogens is 455 g/mol. The molecule has 2 aliphatic rings. The van der Waals surface area contributed by atoms with Gasteiger partial charge < -0.3 is 14.6 Å². The van der Waals surface area contributed by atoms with Crippen LogP contribution in [0.2, 0.25) is 0 Å². The average Bonchev–Trinajstić information content (AvgIpc) is 3.37. The molecule has 2 heterocycles. The summed E-state index contributed by atoms with van der Waals surface area (Å²) in [6.07, 6.45) is -1.89. The Morgan fingerprint density at radius 1 is 0.914 bits per heavy atom. The van der Waals surface area contributed by atoms with Crippen LogP contribution in [0.1, 0.15) is 46.9 Å². The number of halogens is 3. The zero-order valence-electron chi connectivity index (χ0n) is 19.3. The maximum absolute atomic E-state index is 13.1. The Kier molecular flexibility index (Phi) is 6.60. The lowest BCUT2D eigenvalue weighted by atomic mass is 9.75. The summed E-state index contributed by atoms with van der Waals surface area (Å²) in [5.74, 6) is 1.16. The molecule has 0 aromatic heterocycles. The van der Waals surface area contributed by atoms with E-state index >= 15 is 0 Å². The van der Waals surface area contributed by atoms with Crippen molar-refractivity contribution in [2.24, 2.45) is 0 Å². The quantitative estimate of drug-likeness (QED) is 0.454. The Morgan fingerprint density at radius 2 is 1.60 bits per heavy atom. The van der Waals surface area contributed by atoms with Crippen LogP contribution in [0, 0.1) is 0 Å². The molecule has 0 amide bonds. The van der Waals surface area contributed by atoms with Crippen molar-refractivity contribution in [3.05, 3.63) is 89.0 Å². The maximum atomic E-state index is 13.1. The lowest BCUT2D eigenvalue weighted by molar-refractivity contribution is -0.137. The van der Waals surface area contributed by atoms with Crippen molar-refractivity contribution < 1.29 is 27.8 Å². The van der Waals surface area contributed by atoms with Crippen molar-refractivity contribution in [2.75, 3.05) is 32.8 Å². The van der Waals surface area contributed by atoms with Gasteiger partial charge in [0.05, 0.1) is 12.2 Å². The van der Waals surface area contributed by atoms with Crippen molar-refractivity contribution >= 4 is 0 Å². The van der Waals surface area contributed by atoms with Crippen LogP contribution in [0.25, 0.3) is 0 Å². The van der Waals surface area contributed by atoms with Gasteiger partial charge in [0.2, 0.25) is 0 Å². The van der Waals surface area contributed by atoms with Gasteiger partial charge in [0.25, 0.3) is 0 Å². The minimum atomic E-state index is -4.38. The van der Waals surface area contributed by atoms with Gasteiger partial charge in [0.15, 0.2) is 0 Å². The molecule has 3 aromatic carbocycles. The molecule has 3 aromatic rings. The summed E-state index contributed by atoms with van der Waals surface area (Å²) in [4.78, 5) is 2.40. The first-order chi connectivity index (χ1) is 16.9. The molecular formula is C28H28F3NO3. The number of phenolic OH excluding ortho intramolecular Hbond substituents is 1. The number of fused-ring (bicyclic) bond motifs is 1. The fourth-order valence-electron chi connectivity index (χ4n) is 5.09. The number of hydrogen-bond donors (Lipinski definition) is 1. The van der Waals surface area contributed by atoms with Gasteiger partial charge in [-0.15, -0.1) is 0 Å². The Morgan fingerprint density at radius 3 is 2.29 bits per heavy atom. The van der Waals surface area contributed by atoms with Gasteiger partial charge in [-0.25, -0.2) is 0 Å². The molecule has 2 aliphatic heterocycles. The van der Waals surface area contributed by atoms with Crippen LogP contribution in [0.3, 0.4) is 0 Å². The van der Waals surface area contributed by atoms with Gasteiger partial charge in [-0.2, -0.15) is 13.2 Å². The summed E-state index contributed by atoms with van der Waals surface area (Å²) >= 11 is 0. The van der Waals surface area contributed by atoms with Crippen LogP contribution in [-0.2, 0) is 6.18 Å². The minimum Gasteiger partial charge on any atom is -0.508 e. The third-order valence-corrected chi connectivity index (χ3v) is 6.93. The van der Waals surface area contributed by atoms with Gasteiger partial charge in [-0.05, 0) is 79.5 Å². The molecule has 0 bridgehead atoms. The molecule has 4 nitrogen and oxygen atoms in total. The second-order valence-corrected chi connectivity index (χ2v) is 9.20. The second kappa shape index (κ2) is 9.82. The summed E-state index contributed by atoms with van der Waals surface area (Å²) in [5, 5.41) is 10.2. The first kappa shape index (κ1) is 23.5. The standard InChI is InChI=1S/C28H28F3NO3/c29-28(30,31)21-7-3-19(4-8-21)25-18-35-26-12-9-22(33)17-24(26)27(25)20-5-10-23(11-6-20)34-16-15-32-13-1-2-14-32/h3-12,17,25,27,33H,1-2,13-16,18H2. The predicted molar refractivity (Wildman–Crippen MR) is 127 cm³/mol. The first-order valence-electron chi connectivity index (χ1n) is 12.0. The minimum absolute atomic E-state index is 0.118. The predicted octanol–water partition coefficient (Wildman–Crippen LogP) is 6.19. The van der Waals surface area contributed by atoms with Gasteiger partial charge in [0.1, 0.15) is 23.9 Å². The lowest BCUT2D eigenvalue weighted by Crippen LogP contribution is -2.25. The van der Waals surface area contributed by atoms with Crippen molar-refractivity contribution in [1.29, 1.82) is 0 Å². The lowest BCUT2D eigenvalue weighted by Gasteiger charge is -2.34. The van der Waals surface area contributed by atoms with E-state index in [2.05, 4.69) is 4.90 Å². The topological polar surface area (TPSA) is 41.9 Å². The fraction of sp³-hybridized carbons (Fsp3) is 0.357. The highest BCUT2D eigenvalue weighted by Gasteiger charge is 2.35. The Labute approximate surface area is 202 Å². The van der Waals surface area contributed by atoms with E-state index in [1.165, 1.54) is 25.0 Å². The summed E-state index contributed by atoms with van der Waals surface area (Å²) in [6.45, 7) is 4.11. The molecule has 35 heavy (non-hydrogen) atoms. The molecule has 184 valence electrons. The number of likely N-dealkylation sites (tertiary alicyclic amines) is 1. The van der Waals surface area contributed by atoms with E-state index in [4.69, 9.17) is 9.47 Å². The number of aromatic hydroxyl groups is 1. The van der Waals surface area contributed by atoms with E-state index in [1.54, 1.807) is 18.2 Å². The van der Waals surface area contributed by atoms with E-state index in [0.717, 1.165) is 54.2 Å². The molecule has 7 heteroatoms. The molecule has 5 rings (SSSR count). The zero-order chi connectivity index (χ0) is 24.4. The molecule has 1 N–H and O–H groups in total. The van der Waals surface area contributed by atoms with E-state index in [9.17, 15) is 18.3 Å². The third kappa shape index (κ3) is 5.25. The summed E-state index contributed by atoms with van der Waals surface area (Å²) < 4.78 is 51.2. The highest BCUT2D eigenvalue weighted by atomic mass is 19.4. The summed E-state index contributed by atoms with van der Waals surface area (Å²) in [5.41, 5.74) is 1.87. The van der Waals surface area contributed by atoms with Gasteiger partial charge in [0, 0.05) is 23.9 Å². The van der Waals surface area contributed by atoms with Crippen molar-refractivity contribution in [1.82, 2.24) is 4.90 Å². The van der Waals surface area contributed by atoms with E-state index in [-0.39, 0.29) is 17.6 Å². The highest BCUT2D eigenvalue weighted by molar-refractivity contribution is 5.51. The molecule has 0 saturated carbocycles. The van der Waals surface area contributed by atoms with E-state index in [0.29, 0.717) is 19.0 Å². The van der Waals surface area contributed by atoms with Crippen molar-refractivity contribution in [3.8, 4) is 17.2 Å². The Hall–Kier alpha value is -3.19. The van der Waals surface area contributed by atoms with Gasteiger partial charge in [-0.3, -0.25) is 4.90 Å². The number of rotatable bonds is 6. The maximum Gasteiger partial charge on any atom is 0.416 e. The molecule has 0 radical (unpaired) electrons.